The van der Waals surface area contributed by atoms with Crippen LogP contribution in [-0.2, 0) is 5.54 Å². The second-order valence-electron chi connectivity index (χ2n) is 6.74. The fraction of sp³-hybridized carbons (Fsp3) is 0.263. The highest BCUT2D eigenvalue weighted by molar-refractivity contribution is 7.15. The van der Waals surface area contributed by atoms with Crippen molar-refractivity contribution in [2.75, 3.05) is 5.32 Å². The molecule has 3 aromatic rings. The van der Waals surface area contributed by atoms with Crippen molar-refractivity contribution >= 4 is 29.0 Å². The lowest BCUT2D eigenvalue weighted by Gasteiger charge is -2.40. The van der Waals surface area contributed by atoms with Gasteiger partial charge in [-0.1, -0.05) is 6.07 Å². The number of benzene rings is 1. The lowest BCUT2D eigenvalue weighted by molar-refractivity contribution is 0.182. The van der Waals surface area contributed by atoms with Crippen molar-refractivity contribution < 1.29 is 4.79 Å². The van der Waals surface area contributed by atoms with Crippen LogP contribution in [0.1, 0.15) is 29.8 Å². The van der Waals surface area contributed by atoms with Gasteiger partial charge in [-0.3, -0.25) is 0 Å². The molecular formula is C19H20N6OS. The van der Waals surface area contributed by atoms with Crippen molar-refractivity contribution in [3.63, 3.8) is 0 Å². The molecule has 0 spiro atoms. The number of urea groups is 1. The highest BCUT2D eigenvalue weighted by atomic mass is 32.1. The highest BCUT2D eigenvalue weighted by Crippen LogP contribution is 2.44. The summed E-state index contributed by atoms with van der Waals surface area (Å²) in [5, 5.41) is 7.02. The molecule has 2 aromatic heterocycles. The first kappa shape index (κ1) is 17.4. The number of carbonyl (C=O) groups excluding carboxylic acids is 1. The molecule has 7 nitrogen and oxygen atoms in total. The summed E-state index contributed by atoms with van der Waals surface area (Å²) in [6.07, 6.45) is 8.06. The maximum absolute atomic E-state index is 11.4. The average molecular weight is 380 g/mol. The van der Waals surface area contributed by atoms with Crippen LogP contribution in [0.15, 0.2) is 42.9 Å². The van der Waals surface area contributed by atoms with E-state index in [1.54, 1.807) is 29.8 Å². The van der Waals surface area contributed by atoms with Crippen molar-refractivity contribution in [3.05, 3.63) is 53.4 Å². The number of anilines is 2. The smallest absolute Gasteiger partial charge is 0.312 e. The van der Waals surface area contributed by atoms with Gasteiger partial charge in [0.25, 0.3) is 0 Å². The predicted octanol–water partition coefficient (Wildman–Crippen LogP) is 3.70. The minimum atomic E-state index is -0.503. The zero-order valence-corrected chi connectivity index (χ0v) is 15.7. The highest BCUT2D eigenvalue weighted by Gasteiger charge is 2.42. The average Bonchev–Trinajstić information content (AvgIpc) is 3.09. The predicted molar refractivity (Wildman–Crippen MR) is 106 cm³/mol. The maximum Gasteiger partial charge on any atom is 0.312 e. The summed E-state index contributed by atoms with van der Waals surface area (Å²) in [6, 6.07) is 7.49. The fourth-order valence-electron chi connectivity index (χ4n) is 3.28. The fourth-order valence-corrected chi connectivity index (χ4v) is 4.38. The number of nitrogens with zero attached hydrogens (tertiary/aromatic N) is 3. The molecule has 2 amide bonds. The van der Waals surface area contributed by atoms with E-state index in [2.05, 4.69) is 37.7 Å². The zero-order valence-electron chi connectivity index (χ0n) is 14.9. The number of nitrogens with one attached hydrogen (secondary N) is 2. The lowest BCUT2D eigenvalue weighted by Crippen LogP contribution is -2.52. The maximum atomic E-state index is 11.4. The molecule has 1 aromatic carbocycles. The molecule has 8 heteroatoms. The van der Waals surface area contributed by atoms with Gasteiger partial charge in [0.05, 0.1) is 10.4 Å². The molecule has 1 aliphatic carbocycles. The Kier molecular flexibility index (Phi) is 4.49. The second kappa shape index (κ2) is 6.96. The van der Waals surface area contributed by atoms with Crippen LogP contribution in [-0.4, -0.2) is 21.0 Å². The van der Waals surface area contributed by atoms with Gasteiger partial charge in [-0.25, -0.2) is 19.7 Å². The Morgan fingerprint density at radius 2 is 1.96 bits per heavy atom. The van der Waals surface area contributed by atoms with Gasteiger partial charge in [-0.15, -0.1) is 11.3 Å². The quantitative estimate of drug-likeness (QED) is 0.626. The van der Waals surface area contributed by atoms with Gasteiger partial charge >= 0.3 is 6.03 Å². The molecule has 0 atom stereocenters. The first-order chi connectivity index (χ1) is 13.0. The SMILES string of the molecule is Cc1cc(Nc2ncccn2)cc(-c2cnc(C3(NC(N)=O)CCC3)s2)c1. The molecular weight excluding hydrogens is 360 g/mol. The van der Waals surface area contributed by atoms with Gasteiger partial charge in [-0.05, 0) is 55.5 Å². The number of thiazole rings is 1. The summed E-state index contributed by atoms with van der Waals surface area (Å²) in [6.45, 7) is 2.05. The van der Waals surface area contributed by atoms with Crippen LogP contribution in [0.4, 0.5) is 16.4 Å². The number of aryl methyl sites for hydroxylation is 1. The van der Waals surface area contributed by atoms with Gasteiger partial charge in [0, 0.05) is 24.3 Å². The lowest BCUT2D eigenvalue weighted by atomic mass is 9.77. The number of hydrogen-bond acceptors (Lipinski definition) is 6. The van der Waals surface area contributed by atoms with E-state index in [9.17, 15) is 4.79 Å². The van der Waals surface area contributed by atoms with Crippen LogP contribution >= 0.6 is 11.3 Å². The van der Waals surface area contributed by atoms with Crippen LogP contribution in [0.5, 0.6) is 0 Å². The Balaban J connectivity index is 1.62. The number of aromatic nitrogens is 3. The molecule has 0 aliphatic heterocycles. The molecule has 2 heterocycles. The summed E-state index contributed by atoms with van der Waals surface area (Å²) in [4.78, 5) is 25.4. The molecule has 0 radical (unpaired) electrons. The van der Waals surface area contributed by atoms with E-state index in [4.69, 9.17) is 5.73 Å². The van der Waals surface area contributed by atoms with Gasteiger partial charge in [0.1, 0.15) is 5.01 Å². The van der Waals surface area contributed by atoms with Crippen molar-refractivity contribution in [3.8, 4) is 10.4 Å². The molecule has 0 bridgehead atoms. The van der Waals surface area contributed by atoms with E-state index < -0.39 is 11.6 Å². The summed E-state index contributed by atoms with van der Waals surface area (Å²) in [5.74, 6) is 0.554. The van der Waals surface area contributed by atoms with E-state index in [1.165, 1.54) is 0 Å². The van der Waals surface area contributed by atoms with E-state index in [0.717, 1.165) is 46.0 Å². The Bertz CT molecular complexity index is 967. The first-order valence-corrected chi connectivity index (χ1v) is 9.56. The summed E-state index contributed by atoms with van der Waals surface area (Å²) in [5.41, 5.74) is 8.06. The normalized spacial score (nSPS) is 15.0. The Morgan fingerprint density at radius 1 is 1.19 bits per heavy atom. The molecule has 1 aliphatic rings. The molecule has 1 saturated carbocycles. The van der Waals surface area contributed by atoms with Crippen molar-refractivity contribution in [1.29, 1.82) is 0 Å². The molecule has 27 heavy (non-hydrogen) atoms. The number of primary amides is 1. The van der Waals surface area contributed by atoms with E-state index in [1.807, 2.05) is 19.2 Å². The number of nitrogens with two attached hydrogens (primary N) is 1. The largest absolute Gasteiger partial charge is 0.352 e. The van der Waals surface area contributed by atoms with Gasteiger partial charge < -0.3 is 16.4 Å². The number of hydrogen-bond donors (Lipinski definition) is 3. The number of carbonyl (C=O) groups is 1. The standard InChI is InChI=1S/C19H20N6OS/c1-12-8-13(10-14(9-12)24-18-21-6-3-7-22-18)15-11-23-16(27-15)19(4-2-5-19)25-17(20)26/h3,6-11H,2,4-5H2,1H3,(H3,20,25,26)(H,21,22,24). The van der Waals surface area contributed by atoms with Gasteiger partial charge in [0.15, 0.2) is 0 Å². The molecule has 4 N–H and O–H groups in total. The van der Waals surface area contributed by atoms with Crippen molar-refractivity contribution in [1.82, 2.24) is 20.3 Å². The van der Waals surface area contributed by atoms with E-state index >= 15 is 0 Å². The van der Waals surface area contributed by atoms with Crippen LogP contribution in [0.25, 0.3) is 10.4 Å². The number of rotatable bonds is 5. The summed E-state index contributed by atoms with van der Waals surface area (Å²) < 4.78 is 0. The molecule has 0 unspecified atom stereocenters. The van der Waals surface area contributed by atoms with Gasteiger partial charge in [-0.2, -0.15) is 0 Å². The third-order valence-electron chi connectivity index (χ3n) is 4.67. The van der Waals surface area contributed by atoms with Crippen LogP contribution in [0.3, 0.4) is 0 Å². The minimum Gasteiger partial charge on any atom is -0.352 e. The Hall–Kier alpha value is -3.00. The second-order valence-corrected chi connectivity index (χ2v) is 7.77. The van der Waals surface area contributed by atoms with Crippen LogP contribution in [0.2, 0.25) is 0 Å². The van der Waals surface area contributed by atoms with E-state index in [0.29, 0.717) is 5.95 Å². The van der Waals surface area contributed by atoms with Crippen molar-refractivity contribution in [2.45, 2.75) is 31.7 Å². The van der Waals surface area contributed by atoms with Crippen LogP contribution in [0, 0.1) is 6.92 Å². The van der Waals surface area contributed by atoms with Crippen LogP contribution < -0.4 is 16.4 Å². The van der Waals surface area contributed by atoms with Crippen molar-refractivity contribution in [2.24, 2.45) is 5.73 Å². The zero-order chi connectivity index (χ0) is 18.9. The molecule has 138 valence electrons. The molecule has 4 rings (SSSR count). The Labute approximate surface area is 161 Å². The monoisotopic (exact) mass is 380 g/mol. The van der Waals surface area contributed by atoms with E-state index in [-0.39, 0.29) is 0 Å². The molecule has 1 fully saturated rings. The van der Waals surface area contributed by atoms with Gasteiger partial charge in [0.2, 0.25) is 5.95 Å². The summed E-state index contributed by atoms with van der Waals surface area (Å²) >= 11 is 1.59. The third kappa shape index (κ3) is 3.61. The third-order valence-corrected chi connectivity index (χ3v) is 5.92. The minimum absolute atomic E-state index is 0.405. The topological polar surface area (TPSA) is 106 Å². The summed E-state index contributed by atoms with van der Waals surface area (Å²) in [7, 11) is 0. The number of amides is 2. The first-order valence-electron chi connectivity index (χ1n) is 8.74. The Morgan fingerprint density at radius 3 is 2.63 bits per heavy atom. The molecule has 0 saturated heterocycles.